The minimum Gasteiger partial charge on any atom is -0.382 e. The molecule has 0 aliphatic carbocycles. The molecule has 15 heteroatoms. The third-order valence-electron chi connectivity index (χ3n) is 8.88. The number of rotatable bonds is 14. The Morgan fingerprint density at radius 3 is 2.51 bits per heavy atom. The molecule has 4 heterocycles. The van der Waals surface area contributed by atoms with Crippen LogP contribution in [0.1, 0.15) is 43.9 Å². The molecule has 53 heavy (non-hydrogen) atoms. The van der Waals surface area contributed by atoms with Gasteiger partial charge >= 0.3 is 0 Å². The number of piperidine rings is 1. The average Bonchev–Trinajstić information content (AvgIpc) is 3.41. The molecule has 1 unspecified atom stereocenters. The maximum atomic E-state index is 13.2. The van der Waals surface area contributed by atoms with Crippen LogP contribution in [0.5, 0.6) is 0 Å². The van der Waals surface area contributed by atoms with Gasteiger partial charge in [-0.25, -0.2) is 4.98 Å². The molecule has 0 radical (unpaired) electrons. The van der Waals surface area contributed by atoms with Crippen LogP contribution in [0.4, 0.5) is 17.2 Å². The zero-order chi connectivity index (χ0) is 36.9. The van der Waals surface area contributed by atoms with Gasteiger partial charge in [0.25, 0.3) is 17.7 Å². The molecule has 2 aliphatic rings. The van der Waals surface area contributed by atoms with E-state index in [0.29, 0.717) is 54.0 Å². The highest BCUT2D eigenvalue weighted by Crippen LogP contribution is 2.33. The first kappa shape index (κ1) is 35.4. The van der Waals surface area contributed by atoms with E-state index in [1.54, 1.807) is 48.8 Å². The van der Waals surface area contributed by atoms with Gasteiger partial charge in [-0.1, -0.05) is 29.8 Å². The van der Waals surface area contributed by atoms with E-state index in [4.69, 9.17) is 26.1 Å². The third-order valence-corrected chi connectivity index (χ3v) is 9.11. The molecule has 1 fully saturated rings. The van der Waals surface area contributed by atoms with Crippen molar-refractivity contribution in [1.82, 2.24) is 25.5 Å². The van der Waals surface area contributed by atoms with Crippen LogP contribution < -0.4 is 21.3 Å². The number of pyridine rings is 2. The van der Waals surface area contributed by atoms with Gasteiger partial charge in [0, 0.05) is 70.0 Å². The lowest BCUT2D eigenvalue weighted by Gasteiger charge is -2.27. The van der Waals surface area contributed by atoms with Crippen molar-refractivity contribution in [2.45, 2.75) is 18.9 Å². The molecule has 0 bridgehead atoms. The summed E-state index contributed by atoms with van der Waals surface area (Å²) in [7, 11) is 0. The van der Waals surface area contributed by atoms with E-state index in [0.717, 1.165) is 26.7 Å². The zero-order valence-corrected chi connectivity index (χ0v) is 29.1. The topological polar surface area (TPSA) is 181 Å². The molecule has 0 spiro atoms. The second-order valence-corrected chi connectivity index (χ2v) is 12.8. The molecule has 5 aromatic rings. The first-order valence-electron chi connectivity index (χ1n) is 17.0. The Morgan fingerprint density at radius 2 is 1.70 bits per heavy atom. The summed E-state index contributed by atoms with van der Waals surface area (Å²) in [4.78, 5) is 73.2. The normalized spacial score (nSPS) is 15.5. The summed E-state index contributed by atoms with van der Waals surface area (Å²) in [6, 6.07) is 18.5. The lowest BCUT2D eigenvalue weighted by molar-refractivity contribution is -0.136. The molecule has 3 aromatic carbocycles. The summed E-state index contributed by atoms with van der Waals surface area (Å²) in [5, 5.41) is 14.8. The Bertz CT molecular complexity index is 2270. The van der Waals surface area contributed by atoms with Gasteiger partial charge in [-0.2, -0.15) is 0 Å². The summed E-state index contributed by atoms with van der Waals surface area (Å²) in [6.07, 6.45) is 3.63. The lowest BCUT2D eigenvalue weighted by atomic mass is 10.0. The fourth-order valence-corrected chi connectivity index (χ4v) is 6.56. The van der Waals surface area contributed by atoms with E-state index < -0.39 is 29.7 Å². The summed E-state index contributed by atoms with van der Waals surface area (Å²) in [5.41, 5.74) is 2.72. The van der Waals surface area contributed by atoms with E-state index in [2.05, 4.69) is 26.3 Å². The second kappa shape index (κ2) is 15.7. The summed E-state index contributed by atoms with van der Waals surface area (Å²) >= 11 is 6.18. The Balaban J connectivity index is 0.847. The monoisotopic (exact) mass is 735 g/mol. The van der Waals surface area contributed by atoms with Crippen molar-refractivity contribution < 1.29 is 33.4 Å². The molecule has 1 saturated heterocycles. The Hall–Kier alpha value is -5.96. The molecular formula is C38H34ClN7O7. The SMILES string of the molecule is O=C1CCC(N2C(=O)c3cccc(NCCOCCOCCNC(=O)c4ccc5c(c4)nc(Nc4cccc(Cl)c4)c4ccncc45)c3C2=O)C(=O)N1. The summed E-state index contributed by atoms with van der Waals surface area (Å²) in [6.45, 7) is 1.80. The zero-order valence-electron chi connectivity index (χ0n) is 28.3. The van der Waals surface area contributed by atoms with Crippen molar-refractivity contribution in [3.63, 3.8) is 0 Å². The van der Waals surface area contributed by atoms with Gasteiger partial charge in [-0.05, 0) is 55.0 Å². The lowest BCUT2D eigenvalue weighted by Crippen LogP contribution is -2.54. The van der Waals surface area contributed by atoms with Crippen molar-refractivity contribution in [1.29, 1.82) is 0 Å². The van der Waals surface area contributed by atoms with Crippen molar-refractivity contribution >= 4 is 80.0 Å². The van der Waals surface area contributed by atoms with E-state index in [9.17, 15) is 24.0 Å². The van der Waals surface area contributed by atoms with Crippen LogP contribution in [0.3, 0.4) is 0 Å². The van der Waals surface area contributed by atoms with Crippen molar-refractivity contribution in [3.05, 3.63) is 101 Å². The van der Waals surface area contributed by atoms with Gasteiger partial charge in [0.2, 0.25) is 11.8 Å². The maximum absolute atomic E-state index is 13.2. The first-order valence-corrected chi connectivity index (χ1v) is 17.4. The molecule has 2 aliphatic heterocycles. The number of nitrogens with zero attached hydrogens (tertiary/aromatic N) is 3. The number of fused-ring (bicyclic) bond motifs is 4. The fourth-order valence-electron chi connectivity index (χ4n) is 6.37. The average molecular weight is 736 g/mol. The number of carbonyl (C=O) groups excluding carboxylic acids is 5. The number of aromatic nitrogens is 2. The second-order valence-electron chi connectivity index (χ2n) is 12.3. The number of hydrogen-bond acceptors (Lipinski definition) is 11. The van der Waals surface area contributed by atoms with Crippen molar-refractivity contribution in [2.75, 3.05) is 50.2 Å². The highest BCUT2D eigenvalue weighted by Gasteiger charge is 2.45. The van der Waals surface area contributed by atoms with Crippen molar-refractivity contribution in [3.8, 4) is 0 Å². The number of imide groups is 2. The standard InChI is InChI=1S/C38H34ClN7O7/c39-23-3-1-4-24(20-23)43-34-26-11-12-40-21-28(26)25-8-7-22(19-30(25)44-34)35(48)42-14-16-53-18-17-52-15-13-41-29-6-2-5-27-33(29)38(51)46(37(27)50)31-9-10-32(47)45-36(31)49/h1-8,11-12,19-21,31,41H,9-10,13-18H2,(H,42,48)(H,43,44)(H,45,47,49). The highest BCUT2D eigenvalue weighted by molar-refractivity contribution is 6.31. The minimum atomic E-state index is -1.03. The number of amides is 5. The molecule has 14 nitrogen and oxygen atoms in total. The fraction of sp³-hybridized carbons (Fsp3) is 0.237. The number of benzene rings is 3. The molecule has 5 amide bonds. The maximum Gasteiger partial charge on any atom is 0.264 e. The summed E-state index contributed by atoms with van der Waals surface area (Å²) < 4.78 is 11.3. The van der Waals surface area contributed by atoms with E-state index in [-0.39, 0.29) is 43.0 Å². The van der Waals surface area contributed by atoms with Crippen LogP contribution in [0.25, 0.3) is 21.7 Å². The molecule has 4 N–H and O–H groups in total. The Labute approximate surface area is 308 Å². The van der Waals surface area contributed by atoms with Crippen LogP contribution in [-0.4, -0.2) is 90.0 Å². The quantitative estimate of drug-likeness (QED) is 0.0719. The van der Waals surface area contributed by atoms with Gasteiger partial charge < -0.3 is 25.4 Å². The Morgan fingerprint density at radius 1 is 0.887 bits per heavy atom. The van der Waals surface area contributed by atoms with Gasteiger partial charge in [-0.3, -0.25) is 39.2 Å². The number of nitrogens with one attached hydrogen (secondary N) is 4. The number of anilines is 3. The molecule has 1 atom stereocenters. The predicted molar refractivity (Wildman–Crippen MR) is 197 cm³/mol. The van der Waals surface area contributed by atoms with E-state index >= 15 is 0 Å². The predicted octanol–water partition coefficient (Wildman–Crippen LogP) is 4.46. The van der Waals surface area contributed by atoms with Crippen LogP contribution >= 0.6 is 11.6 Å². The number of carbonyl (C=O) groups is 5. The largest absolute Gasteiger partial charge is 0.382 e. The van der Waals surface area contributed by atoms with Crippen molar-refractivity contribution in [2.24, 2.45) is 0 Å². The summed E-state index contributed by atoms with van der Waals surface area (Å²) in [5.74, 6) is -1.87. The van der Waals surface area contributed by atoms with Gasteiger partial charge in [0.15, 0.2) is 0 Å². The molecule has 2 aromatic heterocycles. The first-order chi connectivity index (χ1) is 25.8. The number of ether oxygens (including phenoxy) is 2. The molecule has 270 valence electrons. The Kier molecular flexibility index (Phi) is 10.5. The highest BCUT2D eigenvalue weighted by atomic mass is 35.5. The van der Waals surface area contributed by atoms with E-state index in [1.165, 1.54) is 0 Å². The number of halogens is 1. The smallest absolute Gasteiger partial charge is 0.264 e. The van der Waals surface area contributed by atoms with E-state index in [1.807, 2.05) is 30.3 Å². The van der Waals surface area contributed by atoms with Crippen LogP contribution in [0, 0.1) is 0 Å². The van der Waals surface area contributed by atoms with Crippen LogP contribution in [-0.2, 0) is 19.1 Å². The number of hydrogen-bond donors (Lipinski definition) is 4. The van der Waals surface area contributed by atoms with Gasteiger partial charge in [0.1, 0.15) is 11.9 Å². The molecule has 0 saturated carbocycles. The van der Waals surface area contributed by atoms with Crippen LogP contribution in [0.2, 0.25) is 5.02 Å². The molecular weight excluding hydrogens is 702 g/mol. The van der Waals surface area contributed by atoms with Gasteiger partial charge in [0.05, 0.1) is 43.1 Å². The molecule has 7 rings (SSSR count). The minimum absolute atomic E-state index is 0.0520. The third kappa shape index (κ3) is 7.65. The van der Waals surface area contributed by atoms with Crippen LogP contribution in [0.15, 0.2) is 79.1 Å². The van der Waals surface area contributed by atoms with Gasteiger partial charge in [-0.15, -0.1) is 0 Å².